The van der Waals surface area contributed by atoms with Gasteiger partial charge in [0.2, 0.25) is 0 Å². The molecule has 168 valence electrons. The van der Waals surface area contributed by atoms with E-state index in [-0.39, 0.29) is 23.0 Å². The topological polar surface area (TPSA) is 110 Å². The molecule has 2 rings (SSSR count). The third-order valence-corrected chi connectivity index (χ3v) is 7.24. The SMILES string of the molecule is CC(=O)c1ccc(S(=O)(=O)CCCNCCSc2ccc(OCC(=O)O)c(C)c2)cc1. The number of ether oxygens (including phenoxy) is 1. The second-order valence-electron chi connectivity index (χ2n) is 6.96. The van der Waals surface area contributed by atoms with E-state index in [4.69, 9.17) is 9.84 Å². The zero-order valence-corrected chi connectivity index (χ0v) is 19.2. The van der Waals surface area contributed by atoms with Crippen molar-refractivity contribution >= 4 is 33.4 Å². The van der Waals surface area contributed by atoms with Crippen molar-refractivity contribution in [2.45, 2.75) is 30.1 Å². The third-order valence-electron chi connectivity index (χ3n) is 4.43. The van der Waals surface area contributed by atoms with Crippen LogP contribution >= 0.6 is 11.8 Å². The summed E-state index contributed by atoms with van der Waals surface area (Å²) in [7, 11) is -3.36. The summed E-state index contributed by atoms with van der Waals surface area (Å²) in [6, 6.07) is 11.6. The summed E-state index contributed by atoms with van der Waals surface area (Å²) in [5.74, 6) is 0.311. The van der Waals surface area contributed by atoms with Crippen LogP contribution in [0, 0.1) is 6.92 Å². The van der Waals surface area contributed by atoms with E-state index < -0.39 is 15.8 Å². The van der Waals surface area contributed by atoms with Crippen LogP contribution < -0.4 is 10.1 Å². The summed E-state index contributed by atoms with van der Waals surface area (Å²) in [6.07, 6.45) is 0.496. The smallest absolute Gasteiger partial charge is 0.341 e. The number of hydrogen-bond donors (Lipinski definition) is 2. The Morgan fingerprint density at radius 3 is 2.42 bits per heavy atom. The first-order chi connectivity index (χ1) is 14.7. The summed E-state index contributed by atoms with van der Waals surface area (Å²) in [6.45, 7) is 4.27. The van der Waals surface area contributed by atoms with Gasteiger partial charge in [-0.3, -0.25) is 4.79 Å². The van der Waals surface area contributed by atoms with E-state index in [9.17, 15) is 18.0 Å². The van der Waals surface area contributed by atoms with Crippen LogP contribution in [0.4, 0.5) is 0 Å². The maximum Gasteiger partial charge on any atom is 0.341 e. The van der Waals surface area contributed by atoms with Crippen LogP contribution in [0.15, 0.2) is 52.3 Å². The highest BCUT2D eigenvalue weighted by atomic mass is 32.2. The van der Waals surface area contributed by atoms with Crippen molar-refractivity contribution in [3.63, 3.8) is 0 Å². The summed E-state index contributed by atoms with van der Waals surface area (Å²) < 4.78 is 30.0. The van der Waals surface area contributed by atoms with Crippen molar-refractivity contribution in [2.75, 3.05) is 31.2 Å². The number of Topliss-reactive ketones (excluding diaryl/α,β-unsaturated/α-hetero) is 1. The number of carbonyl (C=O) groups excluding carboxylic acids is 1. The van der Waals surface area contributed by atoms with Crippen LogP contribution in [0.5, 0.6) is 5.75 Å². The Hall–Kier alpha value is -2.36. The van der Waals surface area contributed by atoms with Crippen molar-refractivity contribution in [3.05, 3.63) is 53.6 Å². The first kappa shape index (κ1) is 24.9. The lowest BCUT2D eigenvalue weighted by Gasteiger charge is -2.09. The Kier molecular flexibility index (Phi) is 9.54. The number of nitrogens with one attached hydrogen (secondary N) is 1. The molecule has 0 amide bonds. The highest BCUT2D eigenvalue weighted by Gasteiger charge is 2.14. The highest BCUT2D eigenvalue weighted by molar-refractivity contribution is 7.99. The normalized spacial score (nSPS) is 11.3. The van der Waals surface area contributed by atoms with E-state index in [0.29, 0.717) is 24.3 Å². The first-order valence-electron chi connectivity index (χ1n) is 9.81. The Morgan fingerprint density at radius 2 is 1.81 bits per heavy atom. The van der Waals surface area contributed by atoms with E-state index in [0.717, 1.165) is 22.8 Å². The van der Waals surface area contributed by atoms with Crippen LogP contribution in [0.1, 0.15) is 29.3 Å². The Bertz CT molecular complexity index is 1000. The van der Waals surface area contributed by atoms with Crippen LogP contribution in [0.3, 0.4) is 0 Å². The van der Waals surface area contributed by atoms with E-state index >= 15 is 0 Å². The lowest BCUT2D eigenvalue weighted by atomic mass is 10.2. The van der Waals surface area contributed by atoms with Gasteiger partial charge in [0.15, 0.2) is 22.2 Å². The van der Waals surface area contributed by atoms with Gasteiger partial charge in [-0.15, -0.1) is 11.8 Å². The van der Waals surface area contributed by atoms with E-state index in [1.807, 2.05) is 19.1 Å². The molecule has 9 heteroatoms. The predicted octanol–water partition coefficient (Wildman–Crippen LogP) is 3.21. The number of hydrogen-bond acceptors (Lipinski definition) is 7. The van der Waals surface area contributed by atoms with E-state index in [1.165, 1.54) is 31.2 Å². The summed E-state index contributed by atoms with van der Waals surface area (Å²) in [5.41, 5.74) is 1.37. The number of aliphatic carboxylic acids is 1. The lowest BCUT2D eigenvalue weighted by molar-refractivity contribution is -0.139. The minimum absolute atomic E-state index is 0.0452. The molecule has 0 saturated heterocycles. The summed E-state index contributed by atoms with van der Waals surface area (Å²) in [5, 5.41) is 11.9. The molecule has 0 aromatic heterocycles. The molecule has 2 aromatic rings. The van der Waals surface area contributed by atoms with Crippen molar-refractivity contribution in [1.82, 2.24) is 5.32 Å². The molecule has 31 heavy (non-hydrogen) atoms. The van der Waals surface area contributed by atoms with Gasteiger partial charge < -0.3 is 15.2 Å². The number of aryl methyl sites for hydroxylation is 1. The molecule has 0 aliphatic rings. The number of carboxylic acids is 1. The van der Waals surface area contributed by atoms with E-state index in [1.54, 1.807) is 17.8 Å². The maximum absolute atomic E-state index is 12.4. The average Bonchev–Trinajstić information content (AvgIpc) is 2.72. The summed E-state index contributed by atoms with van der Waals surface area (Å²) in [4.78, 5) is 23.2. The van der Waals surface area contributed by atoms with Crippen LogP contribution in [-0.2, 0) is 14.6 Å². The third kappa shape index (κ3) is 8.35. The average molecular weight is 466 g/mol. The molecular weight excluding hydrogens is 438 g/mol. The molecule has 0 bridgehead atoms. The quantitative estimate of drug-likeness (QED) is 0.264. The summed E-state index contributed by atoms with van der Waals surface area (Å²) >= 11 is 1.65. The molecule has 2 N–H and O–H groups in total. The van der Waals surface area contributed by atoms with Crippen molar-refractivity contribution in [3.8, 4) is 5.75 Å². The van der Waals surface area contributed by atoms with Gasteiger partial charge in [-0.1, -0.05) is 12.1 Å². The molecule has 0 saturated carbocycles. The number of carbonyl (C=O) groups is 2. The van der Waals surface area contributed by atoms with Crippen molar-refractivity contribution < 1.29 is 27.9 Å². The number of carboxylic acid groups (broad SMARTS) is 1. The van der Waals surface area contributed by atoms with Gasteiger partial charge in [0.05, 0.1) is 10.6 Å². The minimum atomic E-state index is -3.36. The van der Waals surface area contributed by atoms with Gasteiger partial charge in [-0.2, -0.15) is 0 Å². The number of sulfone groups is 1. The van der Waals surface area contributed by atoms with E-state index in [2.05, 4.69) is 5.32 Å². The largest absolute Gasteiger partial charge is 0.482 e. The molecule has 2 aromatic carbocycles. The van der Waals surface area contributed by atoms with Crippen molar-refractivity contribution in [1.29, 1.82) is 0 Å². The number of thioether (sulfide) groups is 1. The van der Waals surface area contributed by atoms with Crippen LogP contribution in [0.2, 0.25) is 0 Å². The van der Waals surface area contributed by atoms with Crippen LogP contribution in [0.25, 0.3) is 0 Å². The monoisotopic (exact) mass is 465 g/mol. The zero-order chi connectivity index (χ0) is 22.9. The molecule has 0 aliphatic heterocycles. The number of ketones is 1. The zero-order valence-electron chi connectivity index (χ0n) is 17.6. The number of benzene rings is 2. The first-order valence-corrected chi connectivity index (χ1v) is 12.5. The highest BCUT2D eigenvalue weighted by Crippen LogP contribution is 2.25. The standard InChI is InChI=1S/C22H27NO6S2/c1-16-14-19(6-9-21(16)29-15-22(25)26)30-12-11-23-10-3-13-31(27,28)20-7-4-18(5-8-20)17(2)24/h4-9,14,23H,3,10-13,15H2,1-2H3,(H,25,26). The fraction of sp³-hybridized carbons (Fsp3) is 0.364. The minimum Gasteiger partial charge on any atom is -0.482 e. The molecule has 7 nitrogen and oxygen atoms in total. The Labute approximate surface area is 187 Å². The van der Waals surface area contributed by atoms with Gasteiger partial charge in [0.25, 0.3) is 0 Å². The maximum atomic E-state index is 12.4. The molecule has 0 spiro atoms. The molecule has 0 fully saturated rings. The second-order valence-corrected chi connectivity index (χ2v) is 10.2. The van der Waals surface area contributed by atoms with Gasteiger partial charge in [-0.25, -0.2) is 13.2 Å². The molecule has 0 heterocycles. The molecule has 0 radical (unpaired) electrons. The Balaban J connectivity index is 1.67. The van der Waals surface area contributed by atoms with Gasteiger partial charge >= 0.3 is 5.97 Å². The second kappa shape index (κ2) is 11.9. The molecule has 0 aliphatic carbocycles. The molecule has 0 unspecified atom stereocenters. The molecular formula is C22H27NO6S2. The number of rotatable bonds is 13. The van der Waals surface area contributed by atoms with Crippen molar-refractivity contribution in [2.24, 2.45) is 0 Å². The predicted molar refractivity (Wildman–Crippen MR) is 121 cm³/mol. The fourth-order valence-corrected chi connectivity index (χ4v) is 5.00. The Morgan fingerprint density at radius 1 is 1.10 bits per heavy atom. The van der Waals surface area contributed by atoms with Gasteiger partial charge in [0.1, 0.15) is 5.75 Å². The fourth-order valence-electron chi connectivity index (χ4n) is 2.78. The van der Waals surface area contributed by atoms with Gasteiger partial charge in [0, 0.05) is 22.8 Å². The van der Waals surface area contributed by atoms with Gasteiger partial charge in [-0.05, 0) is 62.7 Å². The molecule has 0 atom stereocenters. The van der Waals surface area contributed by atoms with Crippen LogP contribution in [-0.4, -0.2) is 56.5 Å². The lowest BCUT2D eigenvalue weighted by Crippen LogP contribution is -2.21.